The monoisotopic (exact) mass is 616 g/mol. The molecule has 1 amide bonds. The van der Waals surface area contributed by atoms with Gasteiger partial charge in [0.15, 0.2) is 0 Å². The van der Waals surface area contributed by atoms with Crippen LogP contribution in [0.15, 0.2) is 84.9 Å². The van der Waals surface area contributed by atoms with E-state index < -0.39 is 21.9 Å². The summed E-state index contributed by atoms with van der Waals surface area (Å²) in [4.78, 5) is 24.1. The van der Waals surface area contributed by atoms with Crippen LogP contribution in [0.25, 0.3) is 10.8 Å². The van der Waals surface area contributed by atoms with Crippen molar-refractivity contribution < 1.29 is 32.6 Å². The SMILES string of the molecule is CCCCS(=O)(=O)NC1CCC(Oc2ccc3cc(Oc4ccc(C(=O)Nc5ccccc5C(=O)O)cc4)ccc3c2)CC1. The molecule has 0 aliphatic heterocycles. The molecule has 0 aromatic heterocycles. The summed E-state index contributed by atoms with van der Waals surface area (Å²) in [7, 11) is -3.22. The largest absolute Gasteiger partial charge is 0.490 e. The van der Waals surface area contributed by atoms with Gasteiger partial charge >= 0.3 is 5.97 Å². The van der Waals surface area contributed by atoms with E-state index in [0.29, 0.717) is 23.5 Å². The Hall–Kier alpha value is -4.41. The van der Waals surface area contributed by atoms with Gasteiger partial charge in [-0.2, -0.15) is 0 Å². The van der Waals surface area contributed by atoms with Gasteiger partial charge in [0.1, 0.15) is 17.2 Å². The molecule has 0 bridgehead atoms. The van der Waals surface area contributed by atoms with E-state index in [4.69, 9.17) is 9.47 Å². The topological polar surface area (TPSA) is 131 Å². The quantitative estimate of drug-likeness (QED) is 0.156. The van der Waals surface area contributed by atoms with Gasteiger partial charge < -0.3 is 19.9 Å². The summed E-state index contributed by atoms with van der Waals surface area (Å²) in [6, 6.07) is 24.5. The molecule has 3 N–H and O–H groups in total. The second-order valence-corrected chi connectivity index (χ2v) is 12.9. The lowest BCUT2D eigenvalue weighted by Crippen LogP contribution is -2.40. The second-order valence-electron chi connectivity index (χ2n) is 11.0. The minimum Gasteiger partial charge on any atom is -0.490 e. The van der Waals surface area contributed by atoms with Gasteiger partial charge in [-0.1, -0.05) is 37.6 Å². The highest BCUT2D eigenvalue weighted by Gasteiger charge is 2.25. The Morgan fingerprint density at radius 2 is 1.48 bits per heavy atom. The third-order valence-corrected chi connectivity index (χ3v) is 9.15. The van der Waals surface area contributed by atoms with Crippen molar-refractivity contribution in [3.05, 3.63) is 96.1 Å². The highest BCUT2D eigenvalue weighted by molar-refractivity contribution is 7.89. The molecule has 0 saturated heterocycles. The number of benzene rings is 4. The molecule has 44 heavy (non-hydrogen) atoms. The van der Waals surface area contributed by atoms with Crippen LogP contribution in [0.1, 0.15) is 66.2 Å². The Labute approximate surface area is 257 Å². The predicted octanol–water partition coefficient (Wildman–Crippen LogP) is 6.99. The van der Waals surface area contributed by atoms with E-state index in [1.54, 1.807) is 42.5 Å². The molecule has 1 aliphatic carbocycles. The molecule has 1 saturated carbocycles. The Kier molecular flexibility index (Phi) is 9.82. The van der Waals surface area contributed by atoms with Gasteiger partial charge in [-0.05, 0) is 104 Å². The van der Waals surface area contributed by atoms with Gasteiger partial charge in [0.2, 0.25) is 10.0 Å². The smallest absolute Gasteiger partial charge is 0.337 e. The van der Waals surface area contributed by atoms with Gasteiger partial charge in [0, 0.05) is 11.6 Å². The molecule has 0 radical (unpaired) electrons. The number of nitrogens with one attached hydrogen (secondary N) is 2. The summed E-state index contributed by atoms with van der Waals surface area (Å²) < 4.78 is 39.6. The molecule has 5 rings (SSSR count). The molecular weight excluding hydrogens is 580 g/mol. The number of carboxylic acid groups (broad SMARTS) is 1. The van der Waals surface area contributed by atoms with Gasteiger partial charge in [-0.25, -0.2) is 17.9 Å². The zero-order valence-corrected chi connectivity index (χ0v) is 25.3. The molecule has 230 valence electrons. The van der Waals surface area contributed by atoms with E-state index >= 15 is 0 Å². The number of aromatic carboxylic acids is 1. The summed E-state index contributed by atoms with van der Waals surface area (Å²) in [5, 5.41) is 14.0. The molecule has 9 nitrogen and oxygen atoms in total. The number of para-hydroxylation sites is 1. The minimum absolute atomic E-state index is 0.0171. The lowest BCUT2D eigenvalue weighted by molar-refractivity contribution is 0.0698. The maximum absolute atomic E-state index is 12.7. The van der Waals surface area contributed by atoms with E-state index in [-0.39, 0.29) is 29.1 Å². The molecule has 0 spiro atoms. The molecule has 0 heterocycles. The van der Waals surface area contributed by atoms with E-state index in [9.17, 15) is 23.1 Å². The normalized spacial score (nSPS) is 16.8. The van der Waals surface area contributed by atoms with Crippen LogP contribution in [0.3, 0.4) is 0 Å². The molecule has 0 atom stereocenters. The van der Waals surface area contributed by atoms with Crippen LogP contribution >= 0.6 is 0 Å². The molecular formula is C34H36N2O7S. The number of ether oxygens (including phenoxy) is 2. The van der Waals surface area contributed by atoms with Crippen molar-refractivity contribution in [1.82, 2.24) is 4.72 Å². The number of hydrogen-bond donors (Lipinski definition) is 3. The molecule has 10 heteroatoms. The van der Waals surface area contributed by atoms with Crippen LogP contribution < -0.4 is 19.5 Å². The van der Waals surface area contributed by atoms with Crippen LogP contribution in [-0.4, -0.2) is 43.3 Å². The van der Waals surface area contributed by atoms with Gasteiger partial charge in [0.25, 0.3) is 5.91 Å². The Balaban J connectivity index is 1.15. The number of hydrogen-bond acceptors (Lipinski definition) is 6. The fourth-order valence-corrected chi connectivity index (χ4v) is 6.79. The number of carbonyl (C=O) groups excluding carboxylic acids is 1. The predicted molar refractivity (Wildman–Crippen MR) is 170 cm³/mol. The van der Waals surface area contributed by atoms with Gasteiger partial charge in [0.05, 0.1) is 23.1 Å². The van der Waals surface area contributed by atoms with Crippen molar-refractivity contribution in [3.8, 4) is 17.2 Å². The Morgan fingerprint density at radius 1 is 0.841 bits per heavy atom. The number of sulfonamides is 1. The van der Waals surface area contributed by atoms with Crippen LogP contribution in [-0.2, 0) is 10.0 Å². The number of carbonyl (C=O) groups is 2. The Bertz CT molecular complexity index is 1730. The van der Waals surface area contributed by atoms with E-state index in [2.05, 4.69) is 10.0 Å². The molecule has 4 aromatic rings. The highest BCUT2D eigenvalue weighted by atomic mass is 32.2. The maximum atomic E-state index is 12.7. The summed E-state index contributed by atoms with van der Waals surface area (Å²) in [5.41, 5.74) is 0.611. The third-order valence-electron chi connectivity index (χ3n) is 7.63. The summed E-state index contributed by atoms with van der Waals surface area (Å²) in [6.07, 6.45) is 4.68. The average Bonchev–Trinajstić information content (AvgIpc) is 3.01. The summed E-state index contributed by atoms with van der Waals surface area (Å²) in [5.74, 6) is 0.608. The fraction of sp³-hybridized carbons (Fsp3) is 0.294. The number of anilines is 1. The molecule has 1 aliphatic rings. The summed E-state index contributed by atoms with van der Waals surface area (Å²) >= 11 is 0. The first-order chi connectivity index (χ1) is 21.2. The Morgan fingerprint density at radius 3 is 2.16 bits per heavy atom. The maximum Gasteiger partial charge on any atom is 0.337 e. The molecule has 0 unspecified atom stereocenters. The number of rotatable bonds is 12. The fourth-order valence-electron chi connectivity index (χ4n) is 5.26. The van der Waals surface area contributed by atoms with Crippen LogP contribution in [0.4, 0.5) is 5.69 Å². The third kappa shape index (κ3) is 8.15. The average molecular weight is 617 g/mol. The first-order valence-corrected chi connectivity index (χ1v) is 16.5. The van der Waals surface area contributed by atoms with Crippen molar-refractivity contribution in [2.24, 2.45) is 0 Å². The molecule has 4 aromatic carbocycles. The summed E-state index contributed by atoms with van der Waals surface area (Å²) in [6.45, 7) is 1.98. The van der Waals surface area contributed by atoms with Gasteiger partial charge in [-0.3, -0.25) is 4.79 Å². The lowest BCUT2D eigenvalue weighted by atomic mass is 9.93. The van der Waals surface area contributed by atoms with Crippen LogP contribution in [0.2, 0.25) is 0 Å². The van der Waals surface area contributed by atoms with E-state index in [1.165, 1.54) is 6.07 Å². The molecule has 1 fully saturated rings. The van der Waals surface area contributed by atoms with Crippen molar-refractivity contribution in [3.63, 3.8) is 0 Å². The van der Waals surface area contributed by atoms with Crippen molar-refractivity contribution >= 4 is 38.4 Å². The number of fused-ring (bicyclic) bond motifs is 1. The van der Waals surface area contributed by atoms with Crippen LogP contribution in [0, 0.1) is 0 Å². The van der Waals surface area contributed by atoms with Crippen molar-refractivity contribution in [1.29, 1.82) is 0 Å². The first-order valence-electron chi connectivity index (χ1n) is 14.8. The van der Waals surface area contributed by atoms with Crippen LogP contribution in [0.5, 0.6) is 17.2 Å². The lowest BCUT2D eigenvalue weighted by Gasteiger charge is -2.29. The first kappa shape index (κ1) is 31.0. The zero-order valence-electron chi connectivity index (χ0n) is 24.5. The van der Waals surface area contributed by atoms with Crippen molar-refractivity contribution in [2.75, 3.05) is 11.1 Å². The standard InChI is InChI=1S/C34H36N2O7S/c1-2-3-20-44(40,41)36-26-12-18-28(19-13-26)43-30-17-11-24-21-29(16-10-25(24)22-30)42-27-14-8-23(9-15-27)33(37)35-32-7-5-4-6-31(32)34(38)39/h4-11,14-17,21-22,26,28,36H,2-3,12-13,18-20H2,1H3,(H,35,37)(H,38,39). The number of unbranched alkanes of at least 4 members (excludes halogenated alkanes) is 1. The zero-order chi connectivity index (χ0) is 31.1. The highest BCUT2D eigenvalue weighted by Crippen LogP contribution is 2.30. The minimum atomic E-state index is -3.22. The van der Waals surface area contributed by atoms with E-state index in [0.717, 1.165) is 48.6 Å². The number of amides is 1. The van der Waals surface area contributed by atoms with Gasteiger partial charge in [-0.15, -0.1) is 0 Å². The second kappa shape index (κ2) is 13.9. The number of carboxylic acids is 1. The van der Waals surface area contributed by atoms with E-state index in [1.807, 2.05) is 43.3 Å². The van der Waals surface area contributed by atoms with Crippen molar-refractivity contribution in [2.45, 2.75) is 57.6 Å².